The monoisotopic (exact) mass is 289 g/mol. The molecular weight excluding hydrogens is 282 g/mol. The van der Waals surface area contributed by atoms with Gasteiger partial charge in [-0.25, -0.2) is 17.6 Å². The summed E-state index contributed by atoms with van der Waals surface area (Å²) < 4.78 is 53.7. The lowest BCUT2D eigenvalue weighted by molar-refractivity contribution is 0.509. The Morgan fingerprint density at radius 3 is 2.16 bits per heavy atom. The van der Waals surface area contributed by atoms with E-state index in [2.05, 4.69) is 0 Å². The first-order valence-electron chi connectivity index (χ1n) is 5.25. The van der Waals surface area contributed by atoms with Crippen molar-refractivity contribution in [1.29, 1.82) is 0 Å². The minimum Gasteiger partial charge on any atom is -0.320 e. The summed E-state index contributed by atoms with van der Waals surface area (Å²) in [7, 11) is 0. The molecule has 0 aromatic heterocycles. The highest BCUT2D eigenvalue weighted by Gasteiger charge is 2.23. The Bertz CT molecular complexity index is 607. The van der Waals surface area contributed by atoms with Gasteiger partial charge in [0.05, 0.1) is 11.1 Å². The van der Waals surface area contributed by atoms with Gasteiger partial charge in [0.15, 0.2) is 0 Å². The largest absolute Gasteiger partial charge is 0.320 e. The van der Waals surface area contributed by atoms with Gasteiger partial charge in [-0.1, -0.05) is 23.7 Å². The second-order valence-corrected chi connectivity index (χ2v) is 4.31. The van der Waals surface area contributed by atoms with Crippen LogP contribution in [-0.4, -0.2) is 0 Å². The summed E-state index contributed by atoms with van der Waals surface area (Å²) in [6.45, 7) is 0. The molecule has 0 radical (unpaired) electrons. The molecule has 0 spiro atoms. The molecule has 2 aromatic carbocycles. The number of hydrogen-bond donors (Lipinski definition) is 1. The van der Waals surface area contributed by atoms with Gasteiger partial charge in [-0.2, -0.15) is 0 Å². The molecule has 2 N–H and O–H groups in total. The van der Waals surface area contributed by atoms with E-state index >= 15 is 0 Å². The Hall–Kier alpha value is -1.59. The molecule has 0 fully saturated rings. The molecule has 0 aliphatic rings. The lowest BCUT2D eigenvalue weighted by atomic mass is 9.98. The van der Waals surface area contributed by atoms with E-state index in [9.17, 15) is 17.6 Å². The van der Waals surface area contributed by atoms with Gasteiger partial charge in [-0.3, -0.25) is 0 Å². The zero-order chi connectivity index (χ0) is 14.2. The molecule has 1 unspecified atom stereocenters. The van der Waals surface area contributed by atoms with E-state index in [1.807, 2.05) is 0 Å². The third-order valence-corrected chi connectivity index (χ3v) is 2.96. The van der Waals surface area contributed by atoms with Crippen molar-refractivity contribution in [2.24, 2.45) is 5.73 Å². The van der Waals surface area contributed by atoms with E-state index < -0.39 is 34.9 Å². The smallest absolute Gasteiger partial charge is 0.146 e. The fourth-order valence-corrected chi connectivity index (χ4v) is 1.95. The number of nitrogens with two attached hydrogens (primary N) is 1. The van der Waals surface area contributed by atoms with Crippen LogP contribution in [0.3, 0.4) is 0 Å². The molecule has 100 valence electrons. The lowest BCUT2D eigenvalue weighted by Gasteiger charge is -2.15. The van der Waals surface area contributed by atoms with Crippen molar-refractivity contribution in [2.45, 2.75) is 6.04 Å². The van der Waals surface area contributed by atoms with E-state index in [1.165, 1.54) is 18.2 Å². The van der Waals surface area contributed by atoms with Crippen molar-refractivity contribution in [1.82, 2.24) is 0 Å². The molecule has 0 aliphatic carbocycles. The van der Waals surface area contributed by atoms with Crippen LogP contribution < -0.4 is 5.73 Å². The van der Waals surface area contributed by atoms with E-state index in [1.54, 1.807) is 0 Å². The van der Waals surface area contributed by atoms with Crippen molar-refractivity contribution in [3.05, 3.63) is 69.8 Å². The maximum absolute atomic E-state index is 13.7. The zero-order valence-corrected chi connectivity index (χ0v) is 10.2. The van der Waals surface area contributed by atoms with E-state index in [0.717, 1.165) is 0 Å². The summed E-state index contributed by atoms with van der Waals surface area (Å²) in [6, 6.07) is 3.50. The highest BCUT2D eigenvalue weighted by Crippen LogP contribution is 2.29. The molecule has 0 bridgehead atoms. The molecule has 0 heterocycles. The van der Waals surface area contributed by atoms with Crippen LogP contribution in [0.2, 0.25) is 5.02 Å². The summed E-state index contributed by atoms with van der Waals surface area (Å²) in [5.41, 5.74) is 4.86. The minimum absolute atomic E-state index is 0.170. The first-order chi connectivity index (χ1) is 8.91. The van der Waals surface area contributed by atoms with E-state index in [4.69, 9.17) is 17.3 Å². The van der Waals surface area contributed by atoms with Gasteiger partial charge >= 0.3 is 0 Å². The average molecular weight is 290 g/mol. The highest BCUT2D eigenvalue weighted by atomic mass is 35.5. The zero-order valence-electron chi connectivity index (χ0n) is 9.43. The van der Waals surface area contributed by atoms with Gasteiger partial charge in [0.1, 0.15) is 23.3 Å². The Morgan fingerprint density at radius 2 is 1.58 bits per heavy atom. The van der Waals surface area contributed by atoms with Crippen LogP contribution in [0.1, 0.15) is 17.2 Å². The van der Waals surface area contributed by atoms with Crippen molar-refractivity contribution in [2.75, 3.05) is 0 Å². The van der Waals surface area contributed by atoms with Gasteiger partial charge in [0, 0.05) is 23.3 Å². The standard InChI is InChI=1S/C13H8ClF4N/c14-8-3-1-2-7(12(8)18)13(19)11-9(16)4-6(15)5-10(11)17/h1-5,13H,19H2. The Balaban J connectivity index is 2.56. The number of benzene rings is 2. The molecule has 1 atom stereocenters. The summed E-state index contributed by atoms with van der Waals surface area (Å²) in [4.78, 5) is 0. The topological polar surface area (TPSA) is 26.0 Å². The molecule has 6 heteroatoms. The number of hydrogen-bond acceptors (Lipinski definition) is 1. The molecule has 2 aromatic rings. The Morgan fingerprint density at radius 1 is 1.00 bits per heavy atom. The van der Waals surface area contributed by atoms with Crippen molar-refractivity contribution in [3.8, 4) is 0 Å². The third-order valence-electron chi connectivity index (χ3n) is 2.67. The second-order valence-electron chi connectivity index (χ2n) is 3.90. The SMILES string of the molecule is NC(c1cccc(Cl)c1F)c1c(F)cc(F)cc1F. The first kappa shape index (κ1) is 13.8. The van der Waals surface area contributed by atoms with Crippen molar-refractivity contribution in [3.63, 3.8) is 0 Å². The van der Waals surface area contributed by atoms with Crippen LogP contribution in [0.5, 0.6) is 0 Å². The molecule has 0 saturated carbocycles. The van der Waals surface area contributed by atoms with Gasteiger partial charge in [0.2, 0.25) is 0 Å². The normalized spacial score (nSPS) is 12.5. The number of halogens is 5. The second kappa shape index (κ2) is 5.19. The van der Waals surface area contributed by atoms with Gasteiger partial charge in [0.25, 0.3) is 0 Å². The highest BCUT2D eigenvalue weighted by molar-refractivity contribution is 6.30. The average Bonchev–Trinajstić information content (AvgIpc) is 2.31. The summed E-state index contributed by atoms with van der Waals surface area (Å²) in [5.74, 6) is -4.29. The fourth-order valence-electron chi connectivity index (χ4n) is 1.77. The maximum Gasteiger partial charge on any atom is 0.146 e. The molecule has 1 nitrogen and oxygen atoms in total. The Labute approximate surface area is 111 Å². The van der Waals surface area contributed by atoms with E-state index in [-0.39, 0.29) is 10.6 Å². The summed E-state index contributed by atoms with van der Waals surface area (Å²) in [6.07, 6.45) is 0. The molecule has 19 heavy (non-hydrogen) atoms. The number of rotatable bonds is 2. The quantitative estimate of drug-likeness (QED) is 0.833. The third kappa shape index (κ3) is 2.57. The van der Waals surface area contributed by atoms with Crippen LogP contribution in [-0.2, 0) is 0 Å². The predicted molar refractivity (Wildman–Crippen MR) is 63.8 cm³/mol. The lowest BCUT2D eigenvalue weighted by Crippen LogP contribution is -2.17. The maximum atomic E-state index is 13.7. The fraction of sp³-hybridized carbons (Fsp3) is 0.0769. The first-order valence-corrected chi connectivity index (χ1v) is 5.63. The van der Waals surface area contributed by atoms with Gasteiger partial charge in [-0.15, -0.1) is 0 Å². The van der Waals surface area contributed by atoms with Crippen LogP contribution in [0, 0.1) is 23.3 Å². The van der Waals surface area contributed by atoms with Crippen LogP contribution in [0.15, 0.2) is 30.3 Å². The minimum atomic E-state index is -1.42. The predicted octanol–water partition coefficient (Wildman–Crippen LogP) is 3.94. The van der Waals surface area contributed by atoms with E-state index in [0.29, 0.717) is 12.1 Å². The summed E-state index contributed by atoms with van der Waals surface area (Å²) >= 11 is 5.57. The Kier molecular flexibility index (Phi) is 3.78. The van der Waals surface area contributed by atoms with Crippen molar-refractivity contribution < 1.29 is 17.6 Å². The van der Waals surface area contributed by atoms with Crippen molar-refractivity contribution >= 4 is 11.6 Å². The molecule has 2 rings (SSSR count). The van der Waals surface area contributed by atoms with Crippen LogP contribution >= 0.6 is 11.6 Å². The summed E-state index contributed by atoms with van der Waals surface area (Å²) in [5, 5.41) is -0.212. The van der Waals surface area contributed by atoms with Crippen LogP contribution in [0.4, 0.5) is 17.6 Å². The molecule has 0 aliphatic heterocycles. The molecule has 0 amide bonds. The molecule has 0 saturated heterocycles. The molecular formula is C13H8ClF4N. The van der Waals surface area contributed by atoms with Gasteiger partial charge < -0.3 is 5.73 Å². The van der Waals surface area contributed by atoms with Gasteiger partial charge in [-0.05, 0) is 6.07 Å². The van der Waals surface area contributed by atoms with Crippen LogP contribution in [0.25, 0.3) is 0 Å².